The van der Waals surface area contributed by atoms with Crippen LogP contribution < -0.4 is 0 Å². The fraction of sp³-hybridized carbons (Fsp3) is 0.917. The van der Waals surface area contributed by atoms with Crippen molar-refractivity contribution >= 4 is 5.97 Å². The molecule has 12 N–H and O–H groups in total. The Hall–Kier alpha value is -1.43. The average Bonchev–Trinajstić information content (AvgIpc) is 3.40. The van der Waals surface area contributed by atoms with Gasteiger partial charge in [-0.05, 0) is 32.1 Å². The third-order valence-electron chi connectivity index (χ3n) is 9.82. The van der Waals surface area contributed by atoms with Crippen LogP contribution in [0.2, 0.25) is 0 Å². The number of carbonyl (C=O) groups is 1. The van der Waals surface area contributed by atoms with E-state index in [4.69, 9.17) is 28.8 Å². The highest BCUT2D eigenvalue weighted by atomic mass is 16.8. The zero-order valence-electron chi connectivity index (χ0n) is 31.2. The van der Waals surface area contributed by atoms with Gasteiger partial charge < -0.3 is 85.0 Å². The lowest BCUT2D eigenvalue weighted by molar-refractivity contribution is -0.388. The largest absolute Gasteiger partial charge is 0.481 e. The van der Waals surface area contributed by atoms with Crippen LogP contribution >= 0.6 is 0 Å². The molecule has 3 saturated heterocycles. The third-order valence-corrected chi connectivity index (χ3v) is 9.82. The molecule has 3 heterocycles. The number of hydrogen-bond donors (Lipinski definition) is 12. The average molecular weight is 787 g/mol. The molecular weight excluding hydrogens is 720 g/mol. The molecule has 0 amide bonds. The van der Waals surface area contributed by atoms with E-state index in [1.165, 1.54) is 70.6 Å². The standard InChI is InChI=1S/C18H32O16.C18H34O2/c19-1-5-8(22)11(25)13(27)16(31-5)30-3-7-9(23)12(26)14(28)17(32-7)34-18(4-21)15(29)10(24)6(2-20)33-18;1-2-3-4-5-6-7-8-9-10-11-12-13-14-15-16-17-18(19)20/h5-17,19-29H,1-4H2;9-10H,2-8,11-17H2,1H3,(H,19,20). The number of rotatable bonds is 23. The van der Waals surface area contributed by atoms with E-state index in [0.717, 1.165) is 12.8 Å². The summed E-state index contributed by atoms with van der Waals surface area (Å²) in [4.78, 5) is 10.3. The van der Waals surface area contributed by atoms with E-state index in [0.29, 0.717) is 6.42 Å². The van der Waals surface area contributed by atoms with Gasteiger partial charge in [-0.15, -0.1) is 0 Å². The number of carboxylic acids is 1. The molecule has 54 heavy (non-hydrogen) atoms. The smallest absolute Gasteiger partial charge is 0.303 e. The SMILES string of the molecule is CCCCCCCCC=CCCCCCCCC(=O)O.OCC1OC(OCC2OC(OC3(CO)OC(CO)C(O)C3O)C(O)C(O)C2O)C(O)C(O)C1O. The number of aliphatic hydroxyl groups excluding tert-OH is 11. The lowest BCUT2D eigenvalue weighted by atomic mass is 9.98. The van der Waals surface area contributed by atoms with Crippen molar-refractivity contribution in [3.8, 4) is 0 Å². The van der Waals surface area contributed by atoms with Crippen LogP contribution in [0.3, 0.4) is 0 Å². The lowest BCUT2D eigenvalue weighted by Crippen LogP contribution is -2.63. The predicted molar refractivity (Wildman–Crippen MR) is 188 cm³/mol. The first-order chi connectivity index (χ1) is 25.8. The Morgan fingerprint density at radius 3 is 1.63 bits per heavy atom. The van der Waals surface area contributed by atoms with Gasteiger partial charge in [-0.25, -0.2) is 0 Å². The van der Waals surface area contributed by atoms with Crippen molar-refractivity contribution in [1.29, 1.82) is 0 Å². The Balaban J connectivity index is 0.000000432. The molecule has 14 unspecified atom stereocenters. The Labute approximate surface area is 316 Å². The molecule has 18 nitrogen and oxygen atoms in total. The summed E-state index contributed by atoms with van der Waals surface area (Å²) in [5.41, 5.74) is 0. The fourth-order valence-electron chi connectivity index (χ4n) is 6.36. The zero-order valence-corrected chi connectivity index (χ0v) is 31.2. The quantitative estimate of drug-likeness (QED) is 0.0416. The molecule has 0 saturated carbocycles. The van der Waals surface area contributed by atoms with Crippen LogP contribution in [0, 0.1) is 0 Å². The Morgan fingerprint density at radius 1 is 0.611 bits per heavy atom. The molecule has 18 heteroatoms. The molecular formula is C36H66O18. The van der Waals surface area contributed by atoms with Crippen molar-refractivity contribution < 1.29 is 89.8 Å². The van der Waals surface area contributed by atoms with Gasteiger partial charge in [0, 0.05) is 6.42 Å². The maximum absolute atomic E-state index is 10.3. The van der Waals surface area contributed by atoms with Gasteiger partial charge in [-0.2, -0.15) is 0 Å². The summed E-state index contributed by atoms with van der Waals surface area (Å²) < 4.78 is 26.4. The number of aliphatic hydroxyl groups is 11. The molecule has 0 spiro atoms. The van der Waals surface area contributed by atoms with Gasteiger partial charge in [0.25, 0.3) is 0 Å². The van der Waals surface area contributed by atoms with Gasteiger partial charge in [0.2, 0.25) is 5.79 Å². The van der Waals surface area contributed by atoms with Crippen molar-refractivity contribution in [2.45, 2.75) is 182 Å². The van der Waals surface area contributed by atoms with Crippen molar-refractivity contribution in [3.05, 3.63) is 12.2 Å². The van der Waals surface area contributed by atoms with Crippen LogP contribution in [0.4, 0.5) is 0 Å². The van der Waals surface area contributed by atoms with Gasteiger partial charge >= 0.3 is 5.97 Å². The van der Waals surface area contributed by atoms with Gasteiger partial charge in [-0.1, -0.05) is 70.4 Å². The van der Waals surface area contributed by atoms with E-state index in [1.807, 2.05) is 0 Å². The first-order valence-corrected chi connectivity index (χ1v) is 19.2. The summed E-state index contributed by atoms with van der Waals surface area (Å²) in [5.74, 6) is -3.02. The second-order valence-electron chi connectivity index (χ2n) is 14.1. The molecule has 318 valence electrons. The maximum atomic E-state index is 10.3. The highest BCUT2D eigenvalue weighted by Gasteiger charge is 2.58. The van der Waals surface area contributed by atoms with E-state index in [1.54, 1.807) is 0 Å². The fourth-order valence-corrected chi connectivity index (χ4v) is 6.36. The number of hydrogen-bond acceptors (Lipinski definition) is 17. The summed E-state index contributed by atoms with van der Waals surface area (Å²) in [6.45, 7) is -0.881. The minimum absolute atomic E-state index is 0.332. The summed E-state index contributed by atoms with van der Waals surface area (Å²) >= 11 is 0. The number of ether oxygens (including phenoxy) is 5. The summed E-state index contributed by atoms with van der Waals surface area (Å²) in [6, 6.07) is 0. The first-order valence-electron chi connectivity index (χ1n) is 19.2. The summed E-state index contributed by atoms with van der Waals surface area (Å²) in [7, 11) is 0. The van der Waals surface area contributed by atoms with Crippen LogP contribution in [0.25, 0.3) is 0 Å². The highest BCUT2D eigenvalue weighted by molar-refractivity contribution is 5.66. The Morgan fingerprint density at radius 2 is 1.11 bits per heavy atom. The third kappa shape index (κ3) is 14.8. The van der Waals surface area contributed by atoms with Gasteiger partial charge in [-0.3, -0.25) is 4.79 Å². The molecule has 0 bridgehead atoms. The normalized spacial score (nSPS) is 37.0. The topological polar surface area (TPSA) is 306 Å². The summed E-state index contributed by atoms with van der Waals surface area (Å²) in [5, 5.41) is 117. The molecule has 0 aromatic rings. The van der Waals surface area contributed by atoms with E-state index in [-0.39, 0.29) is 0 Å². The number of allylic oxidation sites excluding steroid dienone is 2. The van der Waals surface area contributed by atoms with Crippen molar-refractivity contribution in [3.63, 3.8) is 0 Å². The highest BCUT2D eigenvalue weighted by Crippen LogP contribution is 2.36. The molecule has 0 radical (unpaired) electrons. The minimum Gasteiger partial charge on any atom is -0.481 e. The van der Waals surface area contributed by atoms with E-state index in [9.17, 15) is 61.0 Å². The van der Waals surface area contributed by atoms with Crippen LogP contribution in [0.5, 0.6) is 0 Å². The van der Waals surface area contributed by atoms with Crippen LogP contribution in [-0.4, -0.2) is 179 Å². The lowest BCUT2D eigenvalue weighted by Gasteiger charge is -2.44. The monoisotopic (exact) mass is 786 g/mol. The molecule has 14 atom stereocenters. The van der Waals surface area contributed by atoms with Crippen molar-refractivity contribution in [2.24, 2.45) is 0 Å². The van der Waals surface area contributed by atoms with E-state index < -0.39 is 118 Å². The molecule has 0 aromatic carbocycles. The zero-order chi connectivity index (χ0) is 40.3. The van der Waals surface area contributed by atoms with Gasteiger partial charge in [0.15, 0.2) is 12.6 Å². The van der Waals surface area contributed by atoms with Gasteiger partial charge in [0.1, 0.15) is 73.8 Å². The molecule has 0 aromatic heterocycles. The Kier molecular flexibility index (Phi) is 23.2. The molecule has 3 rings (SSSR count). The summed E-state index contributed by atoms with van der Waals surface area (Å²) in [6.07, 6.45) is -0.531. The van der Waals surface area contributed by atoms with Crippen LogP contribution in [0.1, 0.15) is 96.8 Å². The number of carboxylic acid groups (broad SMARTS) is 1. The number of unbranched alkanes of at least 4 members (excludes halogenated alkanes) is 11. The van der Waals surface area contributed by atoms with Crippen LogP contribution in [-0.2, 0) is 28.5 Å². The predicted octanol–water partition coefficient (Wildman–Crippen LogP) is -1.46. The van der Waals surface area contributed by atoms with Crippen molar-refractivity contribution in [2.75, 3.05) is 26.4 Å². The van der Waals surface area contributed by atoms with E-state index >= 15 is 0 Å². The molecule has 3 fully saturated rings. The second-order valence-corrected chi connectivity index (χ2v) is 14.1. The second kappa shape index (κ2) is 25.7. The molecule has 0 aliphatic carbocycles. The number of aliphatic carboxylic acids is 1. The molecule has 3 aliphatic rings. The molecule has 3 aliphatic heterocycles. The van der Waals surface area contributed by atoms with E-state index in [2.05, 4.69) is 19.1 Å². The van der Waals surface area contributed by atoms with Crippen molar-refractivity contribution in [1.82, 2.24) is 0 Å². The maximum Gasteiger partial charge on any atom is 0.303 e. The van der Waals surface area contributed by atoms with Crippen LogP contribution in [0.15, 0.2) is 12.2 Å². The Bertz CT molecular complexity index is 1040. The minimum atomic E-state index is -2.36. The van der Waals surface area contributed by atoms with Gasteiger partial charge in [0.05, 0.1) is 19.8 Å². The first kappa shape index (κ1) is 48.7.